The van der Waals surface area contributed by atoms with Crippen molar-refractivity contribution in [3.05, 3.63) is 0 Å². The number of aliphatic hydroxyl groups is 1. The fraction of sp³-hybridized carbons (Fsp3) is 1.00. The lowest BCUT2D eigenvalue weighted by Crippen LogP contribution is -2.57. The molecule has 3 nitrogen and oxygen atoms in total. The van der Waals surface area contributed by atoms with Crippen molar-refractivity contribution in [1.82, 2.24) is 10.2 Å². The Balaban J connectivity index is 2.15. The van der Waals surface area contributed by atoms with Crippen LogP contribution in [0.3, 0.4) is 0 Å². The van der Waals surface area contributed by atoms with E-state index in [-0.39, 0.29) is 12.1 Å². The second-order valence-electron chi connectivity index (χ2n) is 6.30. The first kappa shape index (κ1) is 13.3. The van der Waals surface area contributed by atoms with Crippen molar-refractivity contribution in [1.29, 1.82) is 0 Å². The van der Waals surface area contributed by atoms with Gasteiger partial charge in [-0.25, -0.2) is 0 Å². The third-order valence-corrected chi connectivity index (χ3v) is 4.56. The van der Waals surface area contributed by atoms with Crippen LogP contribution < -0.4 is 5.32 Å². The van der Waals surface area contributed by atoms with Crippen LogP contribution in [0.25, 0.3) is 0 Å². The molecule has 0 bridgehead atoms. The Labute approximate surface area is 106 Å². The summed E-state index contributed by atoms with van der Waals surface area (Å²) in [6, 6.07) is 0.992. The topological polar surface area (TPSA) is 35.5 Å². The first-order valence-corrected chi connectivity index (χ1v) is 7.25. The van der Waals surface area contributed by atoms with E-state index >= 15 is 0 Å². The second-order valence-corrected chi connectivity index (χ2v) is 6.30. The van der Waals surface area contributed by atoms with Gasteiger partial charge >= 0.3 is 0 Å². The monoisotopic (exact) mass is 240 g/mol. The molecule has 1 aliphatic heterocycles. The number of aliphatic hydroxyl groups excluding tert-OH is 1. The Morgan fingerprint density at radius 3 is 2.59 bits per heavy atom. The first-order chi connectivity index (χ1) is 8.15. The highest BCUT2D eigenvalue weighted by atomic mass is 16.3. The maximum Gasteiger partial charge on any atom is 0.0599 e. The molecule has 3 heteroatoms. The quantitative estimate of drug-likeness (QED) is 0.772. The predicted octanol–water partition coefficient (Wildman–Crippen LogP) is 1.75. The average molecular weight is 240 g/mol. The lowest BCUT2D eigenvalue weighted by Gasteiger charge is -2.47. The molecule has 1 atom stereocenters. The van der Waals surface area contributed by atoms with Crippen LogP contribution in [-0.2, 0) is 0 Å². The molecule has 0 aromatic carbocycles. The molecule has 0 aromatic rings. The smallest absolute Gasteiger partial charge is 0.0599 e. The van der Waals surface area contributed by atoms with Crippen molar-refractivity contribution in [2.45, 2.75) is 70.0 Å². The molecule has 2 aliphatic rings. The van der Waals surface area contributed by atoms with Gasteiger partial charge in [-0.15, -0.1) is 0 Å². The van der Waals surface area contributed by atoms with Crippen LogP contribution in [0.1, 0.15) is 52.4 Å². The molecule has 0 spiro atoms. The Morgan fingerprint density at radius 1 is 1.24 bits per heavy atom. The molecule has 0 aromatic heterocycles. The number of nitrogens with one attached hydrogen (secondary N) is 1. The van der Waals surface area contributed by atoms with E-state index in [1.165, 1.54) is 38.5 Å². The van der Waals surface area contributed by atoms with Crippen LogP contribution in [0.15, 0.2) is 0 Å². The zero-order valence-electron chi connectivity index (χ0n) is 11.4. The highest BCUT2D eigenvalue weighted by Crippen LogP contribution is 2.32. The van der Waals surface area contributed by atoms with E-state index in [0.717, 1.165) is 13.1 Å². The van der Waals surface area contributed by atoms with Crippen LogP contribution in [0.4, 0.5) is 0 Å². The normalized spacial score (nSPS) is 32.3. The molecule has 0 radical (unpaired) electrons. The summed E-state index contributed by atoms with van der Waals surface area (Å²) in [4.78, 5) is 2.63. The van der Waals surface area contributed by atoms with E-state index in [1.807, 2.05) is 0 Å². The third kappa shape index (κ3) is 3.01. The summed E-state index contributed by atoms with van der Waals surface area (Å²) in [5, 5.41) is 13.1. The molecular formula is C14H28N2O. The molecule has 2 fully saturated rings. The second kappa shape index (κ2) is 5.68. The third-order valence-electron chi connectivity index (χ3n) is 4.56. The van der Waals surface area contributed by atoms with Gasteiger partial charge in [-0.05, 0) is 39.7 Å². The zero-order valence-corrected chi connectivity index (χ0v) is 11.4. The molecule has 17 heavy (non-hydrogen) atoms. The summed E-state index contributed by atoms with van der Waals surface area (Å²) in [5.41, 5.74) is 0.221. The van der Waals surface area contributed by atoms with Gasteiger partial charge in [-0.3, -0.25) is 4.90 Å². The maximum atomic E-state index is 9.67. The minimum atomic E-state index is 0.221. The summed E-state index contributed by atoms with van der Waals surface area (Å²) < 4.78 is 0. The fourth-order valence-corrected chi connectivity index (χ4v) is 3.69. The van der Waals surface area contributed by atoms with Gasteiger partial charge in [0, 0.05) is 24.2 Å². The van der Waals surface area contributed by atoms with E-state index < -0.39 is 0 Å². The lowest BCUT2D eigenvalue weighted by molar-refractivity contribution is -0.00695. The molecule has 1 heterocycles. The molecule has 100 valence electrons. The zero-order chi connectivity index (χ0) is 12.3. The summed E-state index contributed by atoms with van der Waals surface area (Å²) in [6.07, 6.45) is 7.94. The van der Waals surface area contributed by atoms with Crippen molar-refractivity contribution in [2.75, 3.05) is 19.7 Å². The molecular weight excluding hydrogens is 212 g/mol. The average Bonchev–Trinajstić information content (AvgIpc) is 2.48. The Morgan fingerprint density at radius 2 is 1.94 bits per heavy atom. The van der Waals surface area contributed by atoms with E-state index in [9.17, 15) is 5.11 Å². The van der Waals surface area contributed by atoms with Gasteiger partial charge in [0.05, 0.1) is 6.61 Å². The van der Waals surface area contributed by atoms with Crippen molar-refractivity contribution in [3.8, 4) is 0 Å². The number of nitrogens with zero attached hydrogens (tertiary/aromatic N) is 1. The fourth-order valence-electron chi connectivity index (χ4n) is 3.69. The summed E-state index contributed by atoms with van der Waals surface area (Å²) in [7, 11) is 0. The van der Waals surface area contributed by atoms with Gasteiger partial charge in [0.15, 0.2) is 0 Å². The Bertz CT molecular complexity index is 236. The van der Waals surface area contributed by atoms with Crippen molar-refractivity contribution in [3.63, 3.8) is 0 Å². The number of hydrogen-bond donors (Lipinski definition) is 2. The van der Waals surface area contributed by atoms with Crippen LogP contribution in [-0.4, -0.2) is 47.3 Å². The standard InChI is InChI=1S/C14H28N2O/c1-14(2)8-9-15-10-13(11-17)16(14)12-6-4-3-5-7-12/h12-13,15,17H,3-11H2,1-2H3. The largest absolute Gasteiger partial charge is 0.395 e. The number of hydrogen-bond acceptors (Lipinski definition) is 3. The molecule has 0 amide bonds. The van der Waals surface area contributed by atoms with Gasteiger partial charge in [-0.2, -0.15) is 0 Å². The van der Waals surface area contributed by atoms with Crippen molar-refractivity contribution in [2.24, 2.45) is 0 Å². The first-order valence-electron chi connectivity index (χ1n) is 7.25. The minimum absolute atomic E-state index is 0.221. The van der Waals surface area contributed by atoms with Crippen LogP contribution in [0.2, 0.25) is 0 Å². The van der Waals surface area contributed by atoms with Gasteiger partial charge in [0.25, 0.3) is 0 Å². The highest BCUT2D eigenvalue weighted by Gasteiger charge is 2.38. The summed E-state index contributed by atoms with van der Waals surface area (Å²) in [6.45, 7) is 6.99. The van der Waals surface area contributed by atoms with Crippen LogP contribution >= 0.6 is 0 Å². The highest BCUT2D eigenvalue weighted by molar-refractivity contribution is 4.95. The van der Waals surface area contributed by atoms with Crippen LogP contribution in [0, 0.1) is 0 Å². The van der Waals surface area contributed by atoms with E-state index in [0.29, 0.717) is 12.1 Å². The van der Waals surface area contributed by atoms with E-state index in [2.05, 4.69) is 24.1 Å². The van der Waals surface area contributed by atoms with Crippen molar-refractivity contribution < 1.29 is 5.11 Å². The molecule has 1 unspecified atom stereocenters. The van der Waals surface area contributed by atoms with Crippen LogP contribution in [0.5, 0.6) is 0 Å². The van der Waals surface area contributed by atoms with Gasteiger partial charge in [0.2, 0.25) is 0 Å². The Hall–Kier alpha value is -0.120. The predicted molar refractivity (Wildman–Crippen MR) is 71.2 cm³/mol. The molecule has 2 N–H and O–H groups in total. The maximum absolute atomic E-state index is 9.67. The minimum Gasteiger partial charge on any atom is -0.395 e. The van der Waals surface area contributed by atoms with Gasteiger partial charge in [-0.1, -0.05) is 19.3 Å². The summed E-state index contributed by atoms with van der Waals surface area (Å²) >= 11 is 0. The summed E-state index contributed by atoms with van der Waals surface area (Å²) in [5.74, 6) is 0. The number of rotatable bonds is 2. The van der Waals surface area contributed by atoms with Gasteiger partial charge < -0.3 is 10.4 Å². The SMILES string of the molecule is CC1(C)CCNCC(CO)N1C1CCCCC1. The lowest BCUT2D eigenvalue weighted by atomic mass is 9.87. The Kier molecular flexibility index (Phi) is 4.45. The van der Waals surface area contributed by atoms with E-state index in [4.69, 9.17) is 0 Å². The molecule has 2 rings (SSSR count). The molecule has 1 aliphatic carbocycles. The molecule has 1 saturated carbocycles. The van der Waals surface area contributed by atoms with Crippen molar-refractivity contribution >= 4 is 0 Å². The van der Waals surface area contributed by atoms with Gasteiger partial charge in [0.1, 0.15) is 0 Å². The molecule has 1 saturated heterocycles. The van der Waals surface area contributed by atoms with E-state index in [1.54, 1.807) is 0 Å².